The molecule has 0 saturated carbocycles. The van der Waals surface area contributed by atoms with Crippen molar-refractivity contribution in [3.05, 3.63) is 53.8 Å². The van der Waals surface area contributed by atoms with Crippen LogP contribution in [0.2, 0.25) is 0 Å². The second-order valence-corrected chi connectivity index (χ2v) is 4.63. The van der Waals surface area contributed by atoms with Crippen molar-refractivity contribution in [1.82, 2.24) is 0 Å². The Morgan fingerprint density at radius 1 is 1.10 bits per heavy atom. The van der Waals surface area contributed by atoms with Crippen molar-refractivity contribution >= 4 is 5.97 Å². The van der Waals surface area contributed by atoms with Crippen molar-refractivity contribution in [2.75, 3.05) is 0 Å². The van der Waals surface area contributed by atoms with Gasteiger partial charge in [0, 0.05) is 11.1 Å². The van der Waals surface area contributed by atoms with Crippen LogP contribution < -0.4 is 4.74 Å². The zero-order valence-electron chi connectivity index (χ0n) is 11.3. The van der Waals surface area contributed by atoms with E-state index in [-0.39, 0.29) is 11.7 Å². The molecule has 0 atom stereocenters. The summed E-state index contributed by atoms with van der Waals surface area (Å²) in [5, 5.41) is 9.20. The summed E-state index contributed by atoms with van der Waals surface area (Å²) in [5.41, 5.74) is 0.541. The molecule has 104 valence electrons. The molecule has 0 fully saturated rings. The van der Waals surface area contributed by atoms with Gasteiger partial charge in [0.25, 0.3) is 0 Å². The number of hydrogen-bond donors (Lipinski definition) is 1. The first-order valence-corrected chi connectivity index (χ1v) is 6.28. The largest absolute Gasteiger partial charge is 0.490 e. The lowest BCUT2D eigenvalue weighted by Crippen LogP contribution is -2.08. The van der Waals surface area contributed by atoms with Crippen molar-refractivity contribution in [2.45, 2.75) is 20.0 Å². The van der Waals surface area contributed by atoms with Crippen LogP contribution in [0.25, 0.3) is 11.1 Å². The molecule has 2 rings (SSSR count). The summed E-state index contributed by atoms with van der Waals surface area (Å²) in [5.74, 6) is -1.51. The van der Waals surface area contributed by atoms with Crippen molar-refractivity contribution in [1.29, 1.82) is 0 Å². The van der Waals surface area contributed by atoms with Crippen LogP contribution in [0.15, 0.2) is 42.5 Å². The third-order valence-electron chi connectivity index (χ3n) is 2.77. The fraction of sp³-hybridized carbons (Fsp3) is 0.188. The van der Waals surface area contributed by atoms with E-state index in [0.717, 1.165) is 6.07 Å². The normalized spacial score (nSPS) is 10.6. The fourth-order valence-electron chi connectivity index (χ4n) is 2.01. The first-order valence-electron chi connectivity index (χ1n) is 6.28. The van der Waals surface area contributed by atoms with Gasteiger partial charge in [-0.3, -0.25) is 0 Å². The van der Waals surface area contributed by atoms with Gasteiger partial charge in [0.15, 0.2) is 0 Å². The Morgan fingerprint density at radius 2 is 1.75 bits per heavy atom. The molecule has 0 saturated heterocycles. The molecule has 0 aromatic heterocycles. The first-order chi connectivity index (χ1) is 9.50. The van der Waals surface area contributed by atoms with E-state index in [0.29, 0.717) is 16.9 Å². The Bertz CT molecular complexity index is 635. The highest BCUT2D eigenvalue weighted by atomic mass is 19.1. The summed E-state index contributed by atoms with van der Waals surface area (Å²) >= 11 is 0. The summed E-state index contributed by atoms with van der Waals surface area (Å²) in [6.07, 6.45) is -0.0574. The lowest BCUT2D eigenvalue weighted by molar-refractivity contribution is 0.0693. The highest BCUT2D eigenvalue weighted by Crippen LogP contribution is 2.33. The molecule has 0 unspecified atom stereocenters. The maximum atomic E-state index is 13.8. The Balaban J connectivity index is 2.63. The number of aromatic carboxylic acids is 1. The number of ether oxygens (including phenoxy) is 1. The van der Waals surface area contributed by atoms with Gasteiger partial charge in [-0.1, -0.05) is 30.3 Å². The van der Waals surface area contributed by atoms with E-state index in [1.807, 2.05) is 13.8 Å². The van der Waals surface area contributed by atoms with Crippen molar-refractivity contribution in [3.8, 4) is 16.9 Å². The summed E-state index contributed by atoms with van der Waals surface area (Å²) in [4.78, 5) is 11.3. The highest BCUT2D eigenvalue weighted by molar-refractivity contribution is 5.97. The van der Waals surface area contributed by atoms with E-state index in [9.17, 15) is 14.3 Å². The molecular weight excluding hydrogens is 259 g/mol. The van der Waals surface area contributed by atoms with E-state index >= 15 is 0 Å². The van der Waals surface area contributed by atoms with Gasteiger partial charge in [-0.2, -0.15) is 0 Å². The minimum absolute atomic E-state index is 0.0574. The zero-order chi connectivity index (χ0) is 14.7. The van der Waals surface area contributed by atoms with E-state index in [2.05, 4.69) is 0 Å². The van der Waals surface area contributed by atoms with E-state index in [4.69, 9.17) is 4.74 Å². The van der Waals surface area contributed by atoms with E-state index in [1.165, 1.54) is 6.07 Å². The number of halogens is 1. The van der Waals surface area contributed by atoms with Gasteiger partial charge in [0.1, 0.15) is 17.1 Å². The molecular formula is C16H15FO3. The molecule has 1 N–H and O–H groups in total. The Kier molecular flexibility index (Phi) is 4.03. The maximum Gasteiger partial charge on any atom is 0.339 e. The fourth-order valence-corrected chi connectivity index (χ4v) is 2.01. The summed E-state index contributed by atoms with van der Waals surface area (Å²) in [6.45, 7) is 3.75. The number of carboxylic acid groups (broad SMARTS) is 1. The average molecular weight is 274 g/mol. The first kappa shape index (κ1) is 14.1. The van der Waals surface area contributed by atoms with Crippen LogP contribution in [0.3, 0.4) is 0 Å². The summed E-state index contributed by atoms with van der Waals surface area (Å²) in [7, 11) is 0. The van der Waals surface area contributed by atoms with Gasteiger partial charge in [-0.25, -0.2) is 9.18 Å². The van der Waals surface area contributed by atoms with Crippen LogP contribution in [0, 0.1) is 5.82 Å². The lowest BCUT2D eigenvalue weighted by atomic mass is 9.98. The van der Waals surface area contributed by atoms with E-state index < -0.39 is 11.8 Å². The van der Waals surface area contributed by atoms with Crippen LogP contribution in [-0.2, 0) is 0 Å². The quantitative estimate of drug-likeness (QED) is 0.917. The standard InChI is InChI=1S/C16H15FO3/c1-10(2)20-14-9-4-3-6-11(14)12-7-5-8-13(17)15(12)16(18)19/h3-10H,1-2H3,(H,18,19). The molecule has 0 aliphatic rings. The average Bonchev–Trinajstić information content (AvgIpc) is 2.38. The topological polar surface area (TPSA) is 46.5 Å². The third-order valence-corrected chi connectivity index (χ3v) is 2.77. The number of benzene rings is 2. The van der Waals surface area contributed by atoms with Crippen LogP contribution in [-0.4, -0.2) is 17.2 Å². The third kappa shape index (κ3) is 2.79. The van der Waals surface area contributed by atoms with Gasteiger partial charge < -0.3 is 9.84 Å². The Hall–Kier alpha value is -2.36. The molecule has 0 heterocycles. The number of hydrogen-bond acceptors (Lipinski definition) is 2. The van der Waals surface area contributed by atoms with Crippen LogP contribution in [0.1, 0.15) is 24.2 Å². The van der Waals surface area contributed by atoms with Gasteiger partial charge >= 0.3 is 5.97 Å². The zero-order valence-corrected chi connectivity index (χ0v) is 11.3. The molecule has 2 aromatic rings. The van der Waals surface area contributed by atoms with Crippen molar-refractivity contribution in [2.24, 2.45) is 0 Å². The molecule has 3 nitrogen and oxygen atoms in total. The number of carbonyl (C=O) groups is 1. The highest BCUT2D eigenvalue weighted by Gasteiger charge is 2.19. The SMILES string of the molecule is CC(C)Oc1ccccc1-c1cccc(F)c1C(=O)O. The smallest absolute Gasteiger partial charge is 0.339 e. The predicted octanol–water partition coefficient (Wildman–Crippen LogP) is 3.98. The maximum absolute atomic E-state index is 13.8. The van der Waals surface area contributed by atoms with Crippen molar-refractivity contribution in [3.63, 3.8) is 0 Å². The van der Waals surface area contributed by atoms with Gasteiger partial charge in [-0.15, -0.1) is 0 Å². The molecule has 2 aromatic carbocycles. The molecule has 0 amide bonds. The van der Waals surface area contributed by atoms with Gasteiger partial charge in [0.2, 0.25) is 0 Å². The van der Waals surface area contributed by atoms with Gasteiger partial charge in [0.05, 0.1) is 6.10 Å². The second kappa shape index (κ2) is 5.74. The molecule has 4 heteroatoms. The van der Waals surface area contributed by atoms with Crippen LogP contribution in [0.4, 0.5) is 4.39 Å². The predicted molar refractivity (Wildman–Crippen MR) is 74.6 cm³/mol. The molecule has 0 bridgehead atoms. The summed E-state index contributed by atoms with van der Waals surface area (Å²) in [6, 6.07) is 11.2. The molecule has 20 heavy (non-hydrogen) atoms. The summed E-state index contributed by atoms with van der Waals surface area (Å²) < 4.78 is 19.4. The van der Waals surface area contributed by atoms with Gasteiger partial charge in [-0.05, 0) is 26.0 Å². The molecule has 0 radical (unpaired) electrons. The second-order valence-electron chi connectivity index (χ2n) is 4.63. The number of carboxylic acids is 1. The lowest BCUT2D eigenvalue weighted by Gasteiger charge is -2.15. The van der Waals surface area contributed by atoms with Crippen molar-refractivity contribution < 1.29 is 19.0 Å². The molecule has 0 spiro atoms. The van der Waals surface area contributed by atoms with Crippen LogP contribution >= 0.6 is 0 Å². The Labute approximate surface area is 116 Å². The minimum Gasteiger partial charge on any atom is -0.490 e. The monoisotopic (exact) mass is 274 g/mol. The minimum atomic E-state index is -1.29. The molecule has 0 aliphatic carbocycles. The Morgan fingerprint density at radius 3 is 2.40 bits per heavy atom. The number of para-hydroxylation sites is 1. The van der Waals surface area contributed by atoms with E-state index in [1.54, 1.807) is 30.3 Å². The van der Waals surface area contributed by atoms with Crippen LogP contribution in [0.5, 0.6) is 5.75 Å². The molecule has 0 aliphatic heterocycles. The number of rotatable bonds is 4.